The molecule has 0 atom stereocenters. The van der Waals surface area contributed by atoms with Gasteiger partial charge < -0.3 is 4.57 Å². The molecule has 0 N–H and O–H groups in total. The lowest BCUT2D eigenvalue weighted by molar-refractivity contribution is 0.103. The molecule has 162 valence electrons. The van der Waals surface area contributed by atoms with E-state index in [0.717, 1.165) is 20.7 Å². The van der Waals surface area contributed by atoms with E-state index in [1.807, 2.05) is 32.9 Å². The molecule has 0 radical (unpaired) electrons. The number of benzene rings is 2. The number of aryl methyl sites for hydroxylation is 3. The van der Waals surface area contributed by atoms with Gasteiger partial charge in [-0.1, -0.05) is 41.5 Å². The van der Waals surface area contributed by atoms with Crippen LogP contribution in [0.1, 0.15) is 43.2 Å². The fourth-order valence-corrected chi connectivity index (χ4v) is 5.09. The van der Waals surface area contributed by atoms with E-state index in [2.05, 4.69) is 0 Å². The smallest absolute Gasteiger partial charge is 0.268 e. The summed E-state index contributed by atoms with van der Waals surface area (Å²) in [5.41, 5.74) is 3.65. The van der Waals surface area contributed by atoms with Crippen LogP contribution in [0, 0.1) is 20.8 Å². The summed E-state index contributed by atoms with van der Waals surface area (Å²) < 4.78 is 29.5. The summed E-state index contributed by atoms with van der Waals surface area (Å²) in [6, 6.07) is 16.6. The van der Waals surface area contributed by atoms with Gasteiger partial charge in [0, 0.05) is 18.0 Å². The van der Waals surface area contributed by atoms with Crippen molar-refractivity contribution in [2.45, 2.75) is 25.7 Å². The zero-order valence-corrected chi connectivity index (χ0v) is 18.8. The first-order valence-corrected chi connectivity index (χ1v) is 11.5. The van der Waals surface area contributed by atoms with Crippen molar-refractivity contribution in [1.29, 1.82) is 0 Å². The molecule has 2 aromatic carbocycles. The molecule has 0 spiro atoms. The number of aromatic nitrogens is 2. The maximum absolute atomic E-state index is 13.7. The summed E-state index contributed by atoms with van der Waals surface area (Å²) in [5.74, 6) is -0.441. The van der Waals surface area contributed by atoms with Gasteiger partial charge in [0.15, 0.2) is 6.29 Å². The minimum atomic E-state index is -4.06. The minimum Gasteiger partial charge on any atom is -0.312 e. The van der Waals surface area contributed by atoms with Gasteiger partial charge in [0.25, 0.3) is 10.0 Å². The third-order valence-electron chi connectivity index (χ3n) is 5.41. The number of nitrogens with zero attached hydrogens (tertiary/aromatic N) is 2. The van der Waals surface area contributed by atoms with E-state index in [1.54, 1.807) is 36.5 Å². The number of carbonyl (C=O) groups is 2. The molecule has 0 bridgehead atoms. The maximum Gasteiger partial charge on any atom is 0.268 e. The second kappa shape index (κ2) is 8.09. The summed E-state index contributed by atoms with van der Waals surface area (Å²) in [5, 5.41) is 0. The van der Waals surface area contributed by atoms with Gasteiger partial charge in [-0.05, 0) is 56.7 Å². The van der Waals surface area contributed by atoms with Crippen molar-refractivity contribution in [2.75, 3.05) is 0 Å². The molecular formula is C25H22N2O4S. The Bertz CT molecular complexity index is 1440. The highest BCUT2D eigenvalue weighted by Gasteiger charge is 2.29. The van der Waals surface area contributed by atoms with E-state index in [1.165, 1.54) is 29.0 Å². The van der Waals surface area contributed by atoms with Crippen LogP contribution in [-0.2, 0) is 10.0 Å². The van der Waals surface area contributed by atoms with Gasteiger partial charge in [-0.2, -0.15) is 0 Å². The van der Waals surface area contributed by atoms with Crippen LogP contribution in [0.2, 0.25) is 0 Å². The Hall–Kier alpha value is -3.71. The molecule has 0 saturated carbocycles. The van der Waals surface area contributed by atoms with Crippen LogP contribution in [0.4, 0.5) is 0 Å². The van der Waals surface area contributed by atoms with Crippen LogP contribution in [0.3, 0.4) is 0 Å². The van der Waals surface area contributed by atoms with Gasteiger partial charge >= 0.3 is 0 Å². The van der Waals surface area contributed by atoms with Crippen molar-refractivity contribution in [1.82, 2.24) is 8.54 Å². The van der Waals surface area contributed by atoms with Crippen molar-refractivity contribution in [3.63, 3.8) is 0 Å². The van der Waals surface area contributed by atoms with E-state index in [9.17, 15) is 18.0 Å². The lowest BCUT2D eigenvalue weighted by Crippen LogP contribution is -2.20. The van der Waals surface area contributed by atoms with Gasteiger partial charge in [-0.15, -0.1) is 0 Å². The average Bonchev–Trinajstić information content (AvgIpc) is 3.40. The maximum atomic E-state index is 13.7. The predicted octanol–water partition coefficient (Wildman–Crippen LogP) is 4.48. The van der Waals surface area contributed by atoms with Crippen molar-refractivity contribution >= 4 is 22.1 Å². The highest BCUT2D eigenvalue weighted by Crippen LogP contribution is 2.27. The number of aldehydes is 1. The number of hydrogen-bond donors (Lipinski definition) is 0. The van der Waals surface area contributed by atoms with Crippen molar-refractivity contribution in [3.05, 3.63) is 107 Å². The van der Waals surface area contributed by atoms with E-state index in [4.69, 9.17) is 0 Å². The number of ketones is 1. The Morgan fingerprint density at radius 2 is 1.56 bits per heavy atom. The molecule has 0 amide bonds. The Balaban J connectivity index is 1.99. The summed E-state index contributed by atoms with van der Waals surface area (Å²) in [4.78, 5) is 25.3. The molecule has 6 nitrogen and oxygen atoms in total. The molecule has 0 fully saturated rings. The summed E-state index contributed by atoms with van der Waals surface area (Å²) in [6.45, 7) is 5.61. The molecule has 0 aliphatic heterocycles. The van der Waals surface area contributed by atoms with E-state index in [-0.39, 0.29) is 10.6 Å². The quantitative estimate of drug-likeness (QED) is 0.323. The topological polar surface area (TPSA) is 78.1 Å². The first-order valence-electron chi connectivity index (χ1n) is 10.0. The van der Waals surface area contributed by atoms with Crippen LogP contribution < -0.4 is 0 Å². The number of hydrogen-bond acceptors (Lipinski definition) is 4. The normalized spacial score (nSPS) is 11.5. The molecule has 0 aliphatic rings. The minimum absolute atomic E-state index is 0.0307. The van der Waals surface area contributed by atoms with Crippen LogP contribution in [-0.4, -0.2) is 29.0 Å². The molecule has 0 unspecified atom stereocenters. The number of carbonyl (C=O) groups excluding carboxylic acids is 2. The highest BCUT2D eigenvalue weighted by molar-refractivity contribution is 7.90. The molecule has 32 heavy (non-hydrogen) atoms. The van der Waals surface area contributed by atoms with Crippen molar-refractivity contribution in [3.8, 4) is 5.69 Å². The Kier molecular flexibility index (Phi) is 5.44. The van der Waals surface area contributed by atoms with Crippen LogP contribution >= 0.6 is 0 Å². The van der Waals surface area contributed by atoms with E-state index in [0.29, 0.717) is 23.2 Å². The molecule has 4 rings (SSSR count). The predicted molar refractivity (Wildman–Crippen MR) is 122 cm³/mol. The Morgan fingerprint density at radius 3 is 2.22 bits per heavy atom. The number of rotatable bonds is 6. The standard InChI is InChI=1S/C25H22N2O4S/c1-17-6-9-21(10-7-17)32(30,31)27-14-12-23(26-13-4-5-20(26)16-28)24(27)25(29)22-11-8-18(2)15-19(22)3/h4-16H,1-3H3. The van der Waals surface area contributed by atoms with Gasteiger partial charge in [-0.3, -0.25) is 9.59 Å². The second-order valence-corrected chi connectivity index (χ2v) is 9.55. The average molecular weight is 447 g/mol. The lowest BCUT2D eigenvalue weighted by Gasteiger charge is -2.14. The molecule has 2 heterocycles. The third-order valence-corrected chi connectivity index (χ3v) is 7.10. The van der Waals surface area contributed by atoms with Crippen LogP contribution in [0.5, 0.6) is 0 Å². The Labute approximate surface area is 186 Å². The van der Waals surface area contributed by atoms with Gasteiger partial charge in [0.2, 0.25) is 5.78 Å². The molecule has 7 heteroatoms. The molecular weight excluding hydrogens is 424 g/mol. The molecule has 0 aliphatic carbocycles. The second-order valence-electron chi connectivity index (χ2n) is 7.73. The van der Waals surface area contributed by atoms with Crippen LogP contribution in [0.25, 0.3) is 5.69 Å². The van der Waals surface area contributed by atoms with E-state index < -0.39 is 15.8 Å². The summed E-state index contributed by atoms with van der Waals surface area (Å²) in [7, 11) is -4.06. The molecule has 0 saturated heterocycles. The fourth-order valence-electron chi connectivity index (χ4n) is 3.74. The zero-order chi connectivity index (χ0) is 23.0. The Morgan fingerprint density at radius 1 is 0.875 bits per heavy atom. The van der Waals surface area contributed by atoms with E-state index >= 15 is 0 Å². The van der Waals surface area contributed by atoms with Gasteiger partial charge in [-0.25, -0.2) is 12.4 Å². The highest BCUT2D eigenvalue weighted by atomic mass is 32.2. The lowest BCUT2D eigenvalue weighted by atomic mass is 10.00. The van der Waals surface area contributed by atoms with Crippen molar-refractivity contribution in [2.24, 2.45) is 0 Å². The SMILES string of the molecule is Cc1ccc(S(=O)(=O)n2ccc(-n3cccc3C=O)c2C(=O)c2ccc(C)cc2C)cc1. The summed E-state index contributed by atoms with van der Waals surface area (Å²) >= 11 is 0. The first-order chi connectivity index (χ1) is 15.2. The van der Waals surface area contributed by atoms with Gasteiger partial charge in [0.1, 0.15) is 5.69 Å². The van der Waals surface area contributed by atoms with Crippen LogP contribution in [0.15, 0.2) is 78.0 Å². The van der Waals surface area contributed by atoms with Crippen molar-refractivity contribution < 1.29 is 18.0 Å². The summed E-state index contributed by atoms with van der Waals surface area (Å²) in [6.07, 6.45) is 3.65. The third kappa shape index (κ3) is 3.61. The molecule has 4 aromatic rings. The zero-order valence-electron chi connectivity index (χ0n) is 17.9. The fraction of sp³-hybridized carbons (Fsp3) is 0.120. The largest absolute Gasteiger partial charge is 0.312 e. The van der Waals surface area contributed by atoms with Gasteiger partial charge in [0.05, 0.1) is 16.3 Å². The molecule has 2 aromatic heterocycles. The first kappa shape index (κ1) is 21.5. The monoisotopic (exact) mass is 446 g/mol.